The highest BCUT2D eigenvalue weighted by molar-refractivity contribution is 6.01. The van der Waals surface area contributed by atoms with E-state index in [9.17, 15) is 4.79 Å². The number of rotatable bonds is 3. The standard InChI is InChI=1S/C15H17NO/c1-10(2)15(12(4)17)11(3)14-7-5-13(9-16)6-8-14/h5-8,10H,1-4H3. The van der Waals surface area contributed by atoms with E-state index in [4.69, 9.17) is 5.26 Å². The van der Waals surface area contributed by atoms with Crippen molar-refractivity contribution in [1.29, 1.82) is 5.26 Å². The Balaban J connectivity index is 3.25. The lowest BCUT2D eigenvalue weighted by atomic mass is 9.91. The summed E-state index contributed by atoms with van der Waals surface area (Å²) in [6, 6.07) is 9.41. The van der Waals surface area contributed by atoms with Gasteiger partial charge in [0.25, 0.3) is 0 Å². The Kier molecular flexibility index (Phi) is 4.23. The van der Waals surface area contributed by atoms with Crippen molar-refractivity contribution in [3.05, 3.63) is 41.0 Å². The molecule has 0 aliphatic heterocycles. The Labute approximate surface area is 103 Å². The first-order valence-corrected chi connectivity index (χ1v) is 5.69. The molecule has 0 unspecified atom stereocenters. The quantitative estimate of drug-likeness (QED) is 0.740. The van der Waals surface area contributed by atoms with Gasteiger partial charge in [0.1, 0.15) is 0 Å². The second-order valence-electron chi connectivity index (χ2n) is 4.44. The van der Waals surface area contributed by atoms with Gasteiger partial charge in [-0.1, -0.05) is 26.0 Å². The van der Waals surface area contributed by atoms with Crippen LogP contribution in [-0.4, -0.2) is 5.78 Å². The molecule has 1 aromatic carbocycles. The lowest BCUT2D eigenvalue weighted by Crippen LogP contribution is -2.06. The first-order valence-electron chi connectivity index (χ1n) is 5.69. The molecule has 0 aromatic heterocycles. The van der Waals surface area contributed by atoms with E-state index in [0.29, 0.717) is 5.56 Å². The van der Waals surface area contributed by atoms with Crippen LogP contribution >= 0.6 is 0 Å². The lowest BCUT2D eigenvalue weighted by molar-refractivity contribution is -0.113. The third-order valence-corrected chi connectivity index (χ3v) is 2.81. The van der Waals surface area contributed by atoms with Crippen molar-refractivity contribution in [1.82, 2.24) is 0 Å². The van der Waals surface area contributed by atoms with Crippen LogP contribution in [0.3, 0.4) is 0 Å². The number of carbonyl (C=O) groups is 1. The highest BCUT2D eigenvalue weighted by Gasteiger charge is 2.13. The van der Waals surface area contributed by atoms with Gasteiger partial charge in [-0.2, -0.15) is 5.26 Å². The number of Topliss-reactive ketones (excluding diaryl/α,β-unsaturated/α-hetero) is 1. The summed E-state index contributed by atoms with van der Waals surface area (Å²) < 4.78 is 0. The van der Waals surface area contributed by atoms with Crippen LogP contribution in [0.15, 0.2) is 29.8 Å². The van der Waals surface area contributed by atoms with Gasteiger partial charge >= 0.3 is 0 Å². The van der Waals surface area contributed by atoms with E-state index in [2.05, 4.69) is 6.07 Å². The van der Waals surface area contributed by atoms with E-state index in [-0.39, 0.29) is 11.7 Å². The molecule has 0 saturated heterocycles. The van der Waals surface area contributed by atoms with Gasteiger partial charge in [-0.3, -0.25) is 4.79 Å². The molecule has 0 saturated carbocycles. The number of carbonyl (C=O) groups excluding carboxylic acids is 1. The van der Waals surface area contributed by atoms with Crippen LogP contribution in [0.2, 0.25) is 0 Å². The van der Waals surface area contributed by atoms with Crippen LogP contribution in [0.4, 0.5) is 0 Å². The van der Waals surface area contributed by atoms with Crippen LogP contribution in [0.5, 0.6) is 0 Å². The number of ketones is 1. The fourth-order valence-electron chi connectivity index (χ4n) is 2.05. The summed E-state index contributed by atoms with van der Waals surface area (Å²) in [7, 11) is 0. The predicted octanol–water partition coefficient (Wildman–Crippen LogP) is 3.58. The minimum atomic E-state index is 0.113. The van der Waals surface area contributed by atoms with Gasteiger partial charge in [0.05, 0.1) is 11.6 Å². The molecule has 0 bridgehead atoms. The highest BCUT2D eigenvalue weighted by atomic mass is 16.1. The zero-order chi connectivity index (χ0) is 13.0. The maximum absolute atomic E-state index is 11.6. The molecular weight excluding hydrogens is 210 g/mol. The van der Waals surface area contributed by atoms with E-state index in [1.165, 1.54) is 0 Å². The first-order chi connectivity index (χ1) is 7.97. The molecule has 0 heterocycles. The van der Waals surface area contributed by atoms with E-state index < -0.39 is 0 Å². The SMILES string of the molecule is CC(=O)C(=C(C)c1ccc(C#N)cc1)C(C)C. The Morgan fingerprint density at radius 1 is 1.18 bits per heavy atom. The van der Waals surface area contributed by atoms with Gasteiger partial charge in [0.2, 0.25) is 0 Å². The van der Waals surface area contributed by atoms with Gasteiger partial charge in [0.15, 0.2) is 5.78 Å². The van der Waals surface area contributed by atoms with Gasteiger partial charge in [-0.25, -0.2) is 0 Å². The average molecular weight is 227 g/mol. The summed E-state index contributed by atoms with van der Waals surface area (Å²) in [6.45, 7) is 7.59. The number of benzene rings is 1. The minimum absolute atomic E-state index is 0.113. The van der Waals surface area contributed by atoms with Gasteiger partial charge < -0.3 is 0 Å². The smallest absolute Gasteiger partial charge is 0.156 e. The molecule has 1 aromatic rings. The molecule has 2 heteroatoms. The normalized spacial score (nSPS) is 12.0. The lowest BCUT2D eigenvalue weighted by Gasteiger charge is -2.13. The molecular formula is C15H17NO. The molecule has 0 radical (unpaired) electrons. The summed E-state index contributed by atoms with van der Waals surface area (Å²) >= 11 is 0. The van der Waals surface area contributed by atoms with Crippen molar-refractivity contribution in [3.63, 3.8) is 0 Å². The van der Waals surface area contributed by atoms with E-state index >= 15 is 0 Å². The van der Waals surface area contributed by atoms with Gasteiger partial charge in [-0.15, -0.1) is 0 Å². The summed E-state index contributed by atoms with van der Waals surface area (Å²) in [6.07, 6.45) is 0. The number of nitriles is 1. The molecule has 2 nitrogen and oxygen atoms in total. The summed E-state index contributed by atoms with van der Waals surface area (Å²) in [5, 5.41) is 8.74. The Bertz CT molecular complexity index is 487. The highest BCUT2D eigenvalue weighted by Crippen LogP contribution is 2.24. The predicted molar refractivity (Wildman–Crippen MR) is 69.3 cm³/mol. The third kappa shape index (κ3) is 3.04. The first kappa shape index (κ1) is 13.2. The minimum Gasteiger partial charge on any atom is -0.295 e. The van der Waals surface area contributed by atoms with Gasteiger partial charge in [-0.05, 0) is 43.0 Å². The maximum atomic E-state index is 11.6. The topological polar surface area (TPSA) is 40.9 Å². The molecule has 0 atom stereocenters. The molecule has 1 rings (SSSR count). The number of allylic oxidation sites excluding steroid dienone is 2. The largest absolute Gasteiger partial charge is 0.295 e. The van der Waals surface area contributed by atoms with E-state index in [1.807, 2.05) is 32.9 Å². The maximum Gasteiger partial charge on any atom is 0.156 e. The molecule has 0 N–H and O–H groups in total. The van der Waals surface area contributed by atoms with Crippen molar-refractivity contribution in [2.75, 3.05) is 0 Å². The molecule has 0 aliphatic carbocycles. The van der Waals surface area contributed by atoms with Crippen LogP contribution < -0.4 is 0 Å². The zero-order valence-electron chi connectivity index (χ0n) is 10.7. The Hall–Kier alpha value is -1.88. The van der Waals surface area contributed by atoms with Crippen molar-refractivity contribution in [2.24, 2.45) is 5.92 Å². The van der Waals surface area contributed by atoms with Crippen molar-refractivity contribution < 1.29 is 4.79 Å². The molecule has 0 aliphatic rings. The van der Waals surface area contributed by atoms with E-state index in [0.717, 1.165) is 16.7 Å². The summed E-state index contributed by atoms with van der Waals surface area (Å²) in [5.41, 5.74) is 3.49. The Morgan fingerprint density at radius 2 is 1.71 bits per heavy atom. The number of hydrogen-bond donors (Lipinski definition) is 0. The average Bonchev–Trinajstić information content (AvgIpc) is 2.28. The molecule has 0 spiro atoms. The molecule has 17 heavy (non-hydrogen) atoms. The van der Waals surface area contributed by atoms with Crippen molar-refractivity contribution in [2.45, 2.75) is 27.7 Å². The van der Waals surface area contributed by atoms with Crippen LogP contribution in [0.1, 0.15) is 38.8 Å². The van der Waals surface area contributed by atoms with E-state index in [1.54, 1.807) is 19.1 Å². The zero-order valence-corrected chi connectivity index (χ0v) is 10.7. The number of nitrogens with zero attached hydrogens (tertiary/aromatic N) is 1. The Morgan fingerprint density at radius 3 is 2.06 bits per heavy atom. The van der Waals surface area contributed by atoms with Crippen LogP contribution in [-0.2, 0) is 4.79 Å². The van der Waals surface area contributed by atoms with Gasteiger partial charge in [0, 0.05) is 5.57 Å². The van der Waals surface area contributed by atoms with Crippen molar-refractivity contribution in [3.8, 4) is 6.07 Å². The molecule has 0 fully saturated rings. The van der Waals surface area contributed by atoms with Crippen LogP contribution in [0.25, 0.3) is 5.57 Å². The monoisotopic (exact) mass is 227 g/mol. The van der Waals surface area contributed by atoms with Crippen LogP contribution in [0, 0.1) is 17.2 Å². The second kappa shape index (κ2) is 5.45. The summed E-state index contributed by atoms with van der Waals surface area (Å²) in [4.78, 5) is 11.6. The number of hydrogen-bond acceptors (Lipinski definition) is 2. The third-order valence-electron chi connectivity index (χ3n) is 2.81. The fraction of sp³-hybridized carbons (Fsp3) is 0.333. The molecule has 0 amide bonds. The van der Waals surface area contributed by atoms with Crippen molar-refractivity contribution >= 4 is 11.4 Å². The summed E-state index contributed by atoms with van der Waals surface area (Å²) in [5.74, 6) is 0.324. The molecule has 88 valence electrons. The fourth-order valence-corrected chi connectivity index (χ4v) is 2.05. The second-order valence-corrected chi connectivity index (χ2v) is 4.44.